The minimum absolute atomic E-state index is 0.543. The molecule has 0 fully saturated rings. The molecule has 4 heterocycles. The Morgan fingerprint density at radius 3 is 1.16 bits per heavy atom. The van der Waals surface area contributed by atoms with Crippen LogP contribution < -0.4 is 0 Å². The van der Waals surface area contributed by atoms with Gasteiger partial charge in [0, 0.05) is 49.0 Å². The van der Waals surface area contributed by atoms with Crippen molar-refractivity contribution >= 4 is 76.6 Å². The van der Waals surface area contributed by atoms with Crippen molar-refractivity contribution in [2.24, 2.45) is 0 Å². The molecule has 0 aliphatic heterocycles. The average molecular weight is 630 g/mol. The molecule has 4 aromatic heterocycles. The van der Waals surface area contributed by atoms with Gasteiger partial charge in [0.05, 0.1) is 0 Å². The summed E-state index contributed by atoms with van der Waals surface area (Å²) < 4.78 is 18.9. The molecular formula is C43H23N3O3. The summed E-state index contributed by atoms with van der Waals surface area (Å²) in [5, 5.41) is 8.69. The zero-order valence-electron chi connectivity index (χ0n) is 25.8. The second-order valence-corrected chi connectivity index (χ2v) is 12.4. The predicted molar refractivity (Wildman–Crippen MR) is 195 cm³/mol. The van der Waals surface area contributed by atoms with Crippen LogP contribution in [0.3, 0.4) is 0 Å². The Bertz CT molecular complexity index is 3000. The van der Waals surface area contributed by atoms with Crippen LogP contribution in [0, 0.1) is 0 Å². The molecule has 11 rings (SSSR count). The highest BCUT2D eigenvalue weighted by Gasteiger charge is 2.18. The Hall–Kier alpha value is -6.79. The van der Waals surface area contributed by atoms with Gasteiger partial charge in [-0.15, -0.1) is 0 Å². The molecule has 0 atom stereocenters. The van der Waals surface area contributed by atoms with Crippen molar-refractivity contribution in [1.29, 1.82) is 0 Å². The minimum Gasteiger partial charge on any atom is -0.456 e. The lowest BCUT2D eigenvalue weighted by Crippen LogP contribution is -2.00. The van der Waals surface area contributed by atoms with E-state index in [2.05, 4.69) is 66.7 Å². The smallest absolute Gasteiger partial charge is 0.164 e. The molecule has 228 valence electrons. The van der Waals surface area contributed by atoms with Gasteiger partial charge < -0.3 is 13.3 Å². The van der Waals surface area contributed by atoms with Crippen molar-refractivity contribution < 1.29 is 13.3 Å². The number of hydrogen-bond acceptors (Lipinski definition) is 6. The quantitative estimate of drug-likeness (QED) is 0.193. The van der Waals surface area contributed by atoms with E-state index in [4.69, 9.17) is 28.2 Å². The lowest BCUT2D eigenvalue weighted by atomic mass is 10.1. The minimum atomic E-state index is 0.543. The number of furan rings is 3. The van der Waals surface area contributed by atoms with Gasteiger partial charge in [-0.2, -0.15) is 0 Å². The van der Waals surface area contributed by atoms with Crippen LogP contribution in [-0.2, 0) is 0 Å². The molecule has 11 aromatic rings. The first-order valence-corrected chi connectivity index (χ1v) is 16.2. The van der Waals surface area contributed by atoms with Gasteiger partial charge >= 0.3 is 0 Å². The van der Waals surface area contributed by atoms with Crippen molar-refractivity contribution in [3.05, 3.63) is 140 Å². The maximum Gasteiger partial charge on any atom is 0.164 e. The molecule has 0 spiro atoms. The number of hydrogen-bond donors (Lipinski definition) is 0. The molecule has 0 bridgehead atoms. The van der Waals surface area contributed by atoms with Crippen molar-refractivity contribution in [3.8, 4) is 34.2 Å². The zero-order valence-corrected chi connectivity index (χ0v) is 25.8. The molecule has 0 N–H and O–H groups in total. The molecule has 0 radical (unpaired) electrons. The number of benzene rings is 7. The van der Waals surface area contributed by atoms with E-state index in [1.807, 2.05) is 72.8 Å². The third-order valence-corrected chi connectivity index (χ3v) is 9.51. The number of nitrogens with zero attached hydrogens (tertiary/aromatic N) is 3. The van der Waals surface area contributed by atoms with Crippen molar-refractivity contribution in [2.45, 2.75) is 0 Å². The van der Waals surface area contributed by atoms with Crippen LogP contribution in [0.5, 0.6) is 0 Å². The normalized spacial score (nSPS) is 12.1. The van der Waals surface area contributed by atoms with Gasteiger partial charge in [0.15, 0.2) is 17.5 Å². The average Bonchev–Trinajstić information content (AvgIpc) is 3.83. The van der Waals surface area contributed by atoms with Crippen LogP contribution >= 0.6 is 0 Å². The second-order valence-electron chi connectivity index (χ2n) is 12.4. The molecule has 6 nitrogen and oxygen atoms in total. The molecule has 49 heavy (non-hydrogen) atoms. The monoisotopic (exact) mass is 629 g/mol. The van der Waals surface area contributed by atoms with Gasteiger partial charge in [0.2, 0.25) is 0 Å². The number of rotatable bonds is 3. The molecule has 7 aromatic carbocycles. The molecule has 0 saturated carbocycles. The van der Waals surface area contributed by atoms with Crippen LogP contribution in [0.1, 0.15) is 0 Å². The lowest BCUT2D eigenvalue weighted by molar-refractivity contribution is 0.668. The molecule has 0 aliphatic rings. The molecule has 0 saturated heterocycles. The highest BCUT2D eigenvalue weighted by Crippen LogP contribution is 2.37. The molecular weight excluding hydrogens is 606 g/mol. The number of para-hydroxylation sites is 2. The van der Waals surface area contributed by atoms with Crippen molar-refractivity contribution in [3.63, 3.8) is 0 Å². The third-order valence-electron chi connectivity index (χ3n) is 9.51. The maximum atomic E-state index is 6.41. The first-order chi connectivity index (χ1) is 24.2. The SMILES string of the molecule is c1ccc2cc3c(cc2c1)oc1cc(-c2nc(-c4ccc5c(c4)oc4ccccc45)nc(-c4ccc5c(c4)oc4ccccc45)n2)ccc13. The Balaban J connectivity index is 1.11. The summed E-state index contributed by atoms with van der Waals surface area (Å²) in [5.41, 5.74) is 7.37. The fourth-order valence-corrected chi connectivity index (χ4v) is 7.09. The molecule has 0 amide bonds. The summed E-state index contributed by atoms with van der Waals surface area (Å²) >= 11 is 0. The van der Waals surface area contributed by atoms with Gasteiger partial charge in [0.25, 0.3) is 0 Å². The van der Waals surface area contributed by atoms with Crippen molar-refractivity contribution in [1.82, 2.24) is 15.0 Å². The fourth-order valence-electron chi connectivity index (χ4n) is 7.09. The van der Waals surface area contributed by atoms with Crippen LogP contribution in [0.15, 0.2) is 153 Å². The zero-order chi connectivity index (χ0) is 32.1. The topological polar surface area (TPSA) is 78.1 Å². The van der Waals surface area contributed by atoms with Gasteiger partial charge in [-0.3, -0.25) is 0 Å². The van der Waals surface area contributed by atoms with E-state index in [0.29, 0.717) is 17.5 Å². The Morgan fingerprint density at radius 1 is 0.286 bits per heavy atom. The van der Waals surface area contributed by atoms with Gasteiger partial charge in [0.1, 0.15) is 33.5 Å². The summed E-state index contributed by atoms with van der Waals surface area (Å²) in [5.74, 6) is 1.63. The summed E-state index contributed by atoms with van der Waals surface area (Å²) in [4.78, 5) is 15.1. The van der Waals surface area contributed by atoms with E-state index >= 15 is 0 Å². The third kappa shape index (κ3) is 4.04. The maximum absolute atomic E-state index is 6.41. The summed E-state index contributed by atoms with van der Waals surface area (Å²) in [6.07, 6.45) is 0. The van der Waals surface area contributed by atoms with Crippen LogP contribution in [0.4, 0.5) is 0 Å². The Morgan fingerprint density at radius 2 is 0.653 bits per heavy atom. The Labute approximate surface area is 277 Å². The van der Waals surface area contributed by atoms with Crippen molar-refractivity contribution in [2.75, 3.05) is 0 Å². The van der Waals surface area contributed by atoms with Crippen LogP contribution in [0.25, 0.3) is 111 Å². The van der Waals surface area contributed by atoms with Crippen LogP contribution in [0.2, 0.25) is 0 Å². The first kappa shape index (κ1) is 26.3. The predicted octanol–water partition coefficient (Wildman–Crippen LogP) is 11.7. The summed E-state index contributed by atoms with van der Waals surface area (Å²) in [6, 6.07) is 47.2. The second kappa shape index (κ2) is 9.86. The van der Waals surface area contributed by atoms with E-state index in [-0.39, 0.29) is 0 Å². The van der Waals surface area contributed by atoms with Gasteiger partial charge in [-0.1, -0.05) is 78.9 Å². The van der Waals surface area contributed by atoms with Gasteiger partial charge in [-0.05, 0) is 71.4 Å². The van der Waals surface area contributed by atoms with E-state index in [9.17, 15) is 0 Å². The molecule has 0 aliphatic carbocycles. The van der Waals surface area contributed by atoms with Crippen LogP contribution in [-0.4, -0.2) is 15.0 Å². The highest BCUT2D eigenvalue weighted by atomic mass is 16.3. The number of aromatic nitrogens is 3. The fraction of sp³-hybridized carbons (Fsp3) is 0. The molecule has 0 unspecified atom stereocenters. The highest BCUT2D eigenvalue weighted by molar-refractivity contribution is 6.11. The van der Waals surface area contributed by atoms with E-state index in [1.165, 1.54) is 5.39 Å². The standard InChI is InChI=1S/C43H23N3O3/c1-2-8-25-20-40-34(19-24(25)7-1)33-18-15-28(23-39(33)49-40)43-45-41(26-13-16-31-29-9-3-5-11-35(29)47-37(31)21-26)44-42(46-43)27-14-17-32-30-10-4-6-12-36(30)48-38(32)22-27/h1-23H. The largest absolute Gasteiger partial charge is 0.456 e. The van der Waals surface area contributed by atoms with E-state index < -0.39 is 0 Å². The summed E-state index contributed by atoms with van der Waals surface area (Å²) in [7, 11) is 0. The summed E-state index contributed by atoms with van der Waals surface area (Å²) in [6.45, 7) is 0. The van der Waals surface area contributed by atoms with Gasteiger partial charge in [-0.25, -0.2) is 15.0 Å². The van der Waals surface area contributed by atoms with E-state index in [0.717, 1.165) is 87.9 Å². The van der Waals surface area contributed by atoms with E-state index in [1.54, 1.807) is 0 Å². The Kier molecular flexibility index (Phi) is 5.29. The number of fused-ring (bicyclic) bond motifs is 10. The lowest BCUT2D eigenvalue weighted by Gasteiger charge is -2.08. The first-order valence-electron chi connectivity index (χ1n) is 16.2. The molecule has 6 heteroatoms.